The molecule has 1 aliphatic heterocycles. The van der Waals surface area contributed by atoms with Crippen LogP contribution in [0.1, 0.15) is 75.2 Å². The Labute approximate surface area is 187 Å². The lowest BCUT2D eigenvalue weighted by atomic mass is 10.0. The molecule has 1 heterocycles. The first kappa shape index (κ1) is 23.3. The Morgan fingerprint density at radius 2 is 1.68 bits per heavy atom. The summed E-state index contributed by atoms with van der Waals surface area (Å²) in [5.41, 5.74) is 2.57. The summed E-state index contributed by atoms with van der Waals surface area (Å²) < 4.78 is 11.9. The van der Waals surface area contributed by atoms with E-state index in [1.807, 2.05) is 56.3 Å². The second-order valence-corrected chi connectivity index (χ2v) is 9.14. The number of carbonyl (C=O) groups is 1. The van der Waals surface area contributed by atoms with Crippen LogP contribution in [0, 0.1) is 0 Å². The maximum Gasteiger partial charge on any atom is 0.338 e. The van der Waals surface area contributed by atoms with Gasteiger partial charge in [0.05, 0.1) is 18.3 Å². The molecule has 2 aromatic rings. The first-order valence-electron chi connectivity index (χ1n) is 11.7. The van der Waals surface area contributed by atoms with Gasteiger partial charge in [0.2, 0.25) is 0 Å². The van der Waals surface area contributed by atoms with Crippen LogP contribution in [0.3, 0.4) is 0 Å². The van der Waals surface area contributed by atoms with Gasteiger partial charge in [-0.05, 0) is 69.4 Å². The fraction of sp³-hybridized carbons (Fsp3) is 0.519. The third kappa shape index (κ3) is 7.39. The van der Waals surface area contributed by atoms with E-state index in [2.05, 4.69) is 24.0 Å². The quantitative estimate of drug-likeness (QED) is 0.328. The highest BCUT2D eigenvalue weighted by molar-refractivity contribution is 5.90. The largest absolute Gasteiger partial charge is 0.456 e. The molecule has 0 bridgehead atoms. The number of hydrogen-bond acceptors (Lipinski definition) is 4. The van der Waals surface area contributed by atoms with Crippen molar-refractivity contribution in [1.82, 2.24) is 0 Å². The smallest absolute Gasteiger partial charge is 0.338 e. The number of rotatable bonds is 10. The molecule has 0 aliphatic carbocycles. The van der Waals surface area contributed by atoms with Crippen molar-refractivity contribution in [2.24, 2.45) is 0 Å². The third-order valence-electron chi connectivity index (χ3n) is 5.99. The zero-order chi connectivity index (χ0) is 22.1. The van der Waals surface area contributed by atoms with Crippen LogP contribution in [0.5, 0.6) is 0 Å². The summed E-state index contributed by atoms with van der Waals surface area (Å²) in [6.45, 7) is 8.79. The lowest BCUT2D eigenvalue weighted by Crippen LogP contribution is -2.37. The molecule has 168 valence electrons. The minimum Gasteiger partial charge on any atom is -0.456 e. The van der Waals surface area contributed by atoms with Crippen molar-refractivity contribution < 1.29 is 14.3 Å². The molecule has 0 spiro atoms. The highest BCUT2D eigenvalue weighted by atomic mass is 16.6. The van der Waals surface area contributed by atoms with Crippen LogP contribution in [-0.4, -0.2) is 30.8 Å². The Morgan fingerprint density at radius 1 is 1.00 bits per heavy atom. The predicted molar refractivity (Wildman–Crippen MR) is 127 cm³/mol. The van der Waals surface area contributed by atoms with E-state index in [0.717, 1.165) is 44.5 Å². The van der Waals surface area contributed by atoms with Crippen LogP contribution >= 0.6 is 0 Å². The zero-order valence-corrected chi connectivity index (χ0v) is 19.3. The minimum atomic E-state index is -0.424. The Hall–Kier alpha value is -2.33. The van der Waals surface area contributed by atoms with Crippen molar-refractivity contribution in [3.8, 4) is 0 Å². The lowest BCUT2D eigenvalue weighted by molar-refractivity contribution is -0.00545. The molecule has 1 fully saturated rings. The second-order valence-electron chi connectivity index (χ2n) is 9.14. The first-order valence-corrected chi connectivity index (χ1v) is 11.7. The van der Waals surface area contributed by atoms with Crippen molar-refractivity contribution in [2.75, 3.05) is 18.0 Å². The summed E-state index contributed by atoms with van der Waals surface area (Å²) in [6, 6.07) is 18.2. The van der Waals surface area contributed by atoms with E-state index in [9.17, 15) is 4.79 Å². The minimum absolute atomic E-state index is 0.235. The van der Waals surface area contributed by atoms with Crippen LogP contribution in [-0.2, 0) is 16.1 Å². The highest BCUT2D eigenvalue weighted by Gasteiger charge is 2.24. The van der Waals surface area contributed by atoms with Gasteiger partial charge in [0.25, 0.3) is 0 Å². The molecule has 0 unspecified atom stereocenters. The number of carbonyl (C=O) groups excluding carboxylic acids is 1. The fourth-order valence-electron chi connectivity index (χ4n) is 4.04. The Bertz CT molecular complexity index is 793. The van der Waals surface area contributed by atoms with Gasteiger partial charge in [0, 0.05) is 18.8 Å². The number of piperidine rings is 1. The van der Waals surface area contributed by atoms with Crippen molar-refractivity contribution in [1.29, 1.82) is 0 Å². The molecule has 4 heteroatoms. The molecule has 3 rings (SSSR count). The second kappa shape index (κ2) is 11.3. The monoisotopic (exact) mass is 423 g/mol. The molecular weight excluding hydrogens is 386 g/mol. The summed E-state index contributed by atoms with van der Waals surface area (Å²) in [6.07, 6.45) is 6.66. The Morgan fingerprint density at radius 3 is 2.32 bits per heavy atom. The van der Waals surface area contributed by atoms with Gasteiger partial charge in [0.1, 0.15) is 5.60 Å². The van der Waals surface area contributed by atoms with Crippen molar-refractivity contribution in [3.63, 3.8) is 0 Å². The highest BCUT2D eigenvalue weighted by Crippen LogP contribution is 2.24. The van der Waals surface area contributed by atoms with Crippen molar-refractivity contribution in [3.05, 3.63) is 65.7 Å². The number of unbranched alkanes of at least 4 members (excludes halogenated alkanes) is 2. The predicted octanol–water partition coefficient (Wildman–Crippen LogP) is 6.39. The molecule has 2 aromatic carbocycles. The number of benzene rings is 2. The van der Waals surface area contributed by atoms with Gasteiger partial charge < -0.3 is 14.4 Å². The van der Waals surface area contributed by atoms with E-state index in [0.29, 0.717) is 18.3 Å². The van der Waals surface area contributed by atoms with Crippen molar-refractivity contribution >= 4 is 11.7 Å². The van der Waals surface area contributed by atoms with Crippen LogP contribution in [0.2, 0.25) is 0 Å². The number of esters is 1. The molecule has 0 saturated carbocycles. The molecule has 1 aliphatic rings. The first-order chi connectivity index (χ1) is 15.0. The molecule has 0 radical (unpaired) electrons. The van der Waals surface area contributed by atoms with Crippen molar-refractivity contribution in [2.45, 2.75) is 77.6 Å². The molecule has 1 saturated heterocycles. The fourth-order valence-corrected chi connectivity index (χ4v) is 4.04. The van der Waals surface area contributed by atoms with Gasteiger partial charge in [-0.3, -0.25) is 0 Å². The van der Waals surface area contributed by atoms with Gasteiger partial charge in [0.15, 0.2) is 0 Å². The number of anilines is 1. The standard InChI is InChI=1S/C27H37NO3/c1-4-5-9-18-27(2,3)31-26(29)23-12-14-24(15-13-23)28-19-16-25(17-20-28)30-21-22-10-7-6-8-11-22/h6-8,10-15,25H,4-5,9,16-21H2,1-3H3. The molecule has 31 heavy (non-hydrogen) atoms. The number of ether oxygens (including phenoxy) is 2. The van der Waals surface area contributed by atoms with E-state index in [1.165, 1.54) is 18.4 Å². The van der Waals surface area contributed by atoms with Gasteiger partial charge in [-0.2, -0.15) is 0 Å². The van der Waals surface area contributed by atoms with Crippen LogP contribution in [0.25, 0.3) is 0 Å². The average Bonchev–Trinajstić information content (AvgIpc) is 2.79. The summed E-state index contributed by atoms with van der Waals surface area (Å²) >= 11 is 0. The molecule has 0 aromatic heterocycles. The molecule has 4 nitrogen and oxygen atoms in total. The van der Waals surface area contributed by atoms with E-state index < -0.39 is 5.60 Å². The summed E-state index contributed by atoms with van der Waals surface area (Å²) in [4.78, 5) is 14.9. The maximum absolute atomic E-state index is 12.6. The van der Waals surface area contributed by atoms with Gasteiger partial charge in [-0.25, -0.2) is 4.79 Å². The third-order valence-corrected chi connectivity index (χ3v) is 5.99. The normalized spacial score (nSPS) is 15.1. The van der Waals surface area contributed by atoms with E-state index in [-0.39, 0.29) is 5.97 Å². The number of hydrogen-bond donors (Lipinski definition) is 0. The van der Waals surface area contributed by atoms with Crippen LogP contribution in [0.15, 0.2) is 54.6 Å². The topological polar surface area (TPSA) is 38.8 Å². The van der Waals surface area contributed by atoms with Crippen LogP contribution < -0.4 is 4.90 Å². The van der Waals surface area contributed by atoms with Gasteiger partial charge >= 0.3 is 5.97 Å². The average molecular weight is 424 g/mol. The summed E-state index contributed by atoms with van der Waals surface area (Å²) in [5, 5.41) is 0. The Balaban J connectivity index is 1.45. The van der Waals surface area contributed by atoms with Gasteiger partial charge in [-0.1, -0.05) is 50.1 Å². The number of nitrogens with zero attached hydrogens (tertiary/aromatic N) is 1. The maximum atomic E-state index is 12.6. The molecule has 0 amide bonds. The lowest BCUT2D eigenvalue weighted by Gasteiger charge is -2.33. The molecular formula is C27H37NO3. The van der Waals surface area contributed by atoms with E-state index >= 15 is 0 Å². The van der Waals surface area contributed by atoms with Gasteiger partial charge in [-0.15, -0.1) is 0 Å². The van der Waals surface area contributed by atoms with E-state index in [1.54, 1.807) is 0 Å². The molecule has 0 atom stereocenters. The Kier molecular flexibility index (Phi) is 8.53. The molecule has 0 N–H and O–H groups in total. The summed E-state index contributed by atoms with van der Waals surface area (Å²) in [5.74, 6) is -0.235. The summed E-state index contributed by atoms with van der Waals surface area (Å²) in [7, 11) is 0. The van der Waals surface area contributed by atoms with E-state index in [4.69, 9.17) is 9.47 Å². The van der Waals surface area contributed by atoms with Crippen LogP contribution in [0.4, 0.5) is 5.69 Å². The zero-order valence-electron chi connectivity index (χ0n) is 19.3. The SMILES string of the molecule is CCCCCC(C)(C)OC(=O)c1ccc(N2CCC(OCc3ccccc3)CC2)cc1.